The largest absolute Gasteiger partial charge is 0.486 e. The van der Waals surface area contributed by atoms with Gasteiger partial charge in [-0.1, -0.05) is 6.82 Å². The fourth-order valence-corrected chi connectivity index (χ4v) is 0.491. The molecule has 0 spiro atoms. The molecule has 0 radical (unpaired) electrons. The van der Waals surface area contributed by atoms with E-state index in [2.05, 4.69) is 0 Å². The summed E-state index contributed by atoms with van der Waals surface area (Å²) in [7, 11) is -4.84. The molecule has 0 fully saturated rings. The van der Waals surface area contributed by atoms with E-state index in [0.717, 1.165) is 6.82 Å². The Labute approximate surface area is 51.1 Å². The van der Waals surface area contributed by atoms with E-state index in [0.29, 0.717) is 0 Å². The predicted molar refractivity (Wildman–Crippen MR) is 28.0 cm³/mol. The van der Waals surface area contributed by atoms with E-state index >= 15 is 0 Å². The van der Waals surface area contributed by atoms with Crippen molar-refractivity contribution in [2.75, 3.05) is 0 Å². The SMILES string of the molecule is CBS(=O)(=O)C(F)(F)F. The first kappa shape index (κ1) is 8.80. The average Bonchev–Trinajstić information content (AvgIpc) is 1.64. The third-order valence-corrected chi connectivity index (χ3v) is 2.20. The second-order valence-electron chi connectivity index (χ2n) is 1.35. The summed E-state index contributed by atoms with van der Waals surface area (Å²) in [6, 6.07) is 0. The molecule has 0 bridgehead atoms. The number of hydrogen-bond donors (Lipinski definition) is 0. The molecule has 0 rings (SSSR count). The van der Waals surface area contributed by atoms with Crippen LogP contribution in [-0.2, 0) is 9.69 Å². The zero-order valence-electron chi connectivity index (χ0n) is 4.57. The molecule has 54 valence electrons. The first-order chi connectivity index (χ1) is 3.81. The number of halogens is 3. The van der Waals surface area contributed by atoms with Gasteiger partial charge < -0.3 is 0 Å². The van der Waals surface area contributed by atoms with Gasteiger partial charge >= 0.3 is 5.51 Å². The number of alkyl halides is 3. The van der Waals surface area contributed by atoms with Crippen LogP contribution in [0.4, 0.5) is 13.2 Å². The van der Waals surface area contributed by atoms with Crippen molar-refractivity contribution in [2.45, 2.75) is 12.3 Å². The highest BCUT2D eigenvalue weighted by Gasteiger charge is 2.43. The number of rotatable bonds is 1. The lowest BCUT2D eigenvalue weighted by atomic mass is 10.2. The van der Waals surface area contributed by atoms with Crippen LogP contribution in [0.3, 0.4) is 0 Å². The van der Waals surface area contributed by atoms with E-state index in [1.54, 1.807) is 0 Å². The first-order valence-corrected chi connectivity index (χ1v) is 3.75. The lowest BCUT2D eigenvalue weighted by Crippen LogP contribution is -2.26. The van der Waals surface area contributed by atoms with Crippen LogP contribution in [0, 0.1) is 0 Å². The fraction of sp³-hybridized carbons (Fsp3) is 1.00. The average molecular weight is 160 g/mol. The topological polar surface area (TPSA) is 34.1 Å². The van der Waals surface area contributed by atoms with E-state index in [4.69, 9.17) is 0 Å². The molecular weight excluding hydrogens is 156 g/mol. The van der Waals surface area contributed by atoms with Crippen LogP contribution in [0.15, 0.2) is 0 Å². The maximum Gasteiger partial charge on any atom is 0.486 e. The summed E-state index contributed by atoms with van der Waals surface area (Å²) in [5.74, 6) is 0. The van der Waals surface area contributed by atoms with E-state index in [1.807, 2.05) is 0 Å². The van der Waals surface area contributed by atoms with Gasteiger partial charge in [-0.3, -0.25) is 0 Å². The lowest BCUT2D eigenvalue weighted by molar-refractivity contribution is -0.0413. The van der Waals surface area contributed by atoms with Crippen LogP contribution in [-0.4, -0.2) is 20.5 Å². The molecule has 0 saturated heterocycles. The molecule has 0 saturated carbocycles. The monoisotopic (exact) mass is 160 g/mol. The Bertz CT molecular complexity index is 180. The molecule has 0 aliphatic heterocycles. The Morgan fingerprint density at radius 1 is 1.33 bits per heavy atom. The van der Waals surface area contributed by atoms with Crippen molar-refractivity contribution in [1.29, 1.82) is 0 Å². The van der Waals surface area contributed by atoms with E-state index < -0.39 is 21.8 Å². The summed E-state index contributed by atoms with van der Waals surface area (Å²) in [6.07, 6.45) is 0. The second-order valence-corrected chi connectivity index (χ2v) is 3.62. The summed E-state index contributed by atoms with van der Waals surface area (Å²) >= 11 is 0. The summed E-state index contributed by atoms with van der Waals surface area (Å²) in [5, 5.41) is 0. The summed E-state index contributed by atoms with van der Waals surface area (Å²) < 4.78 is 53.5. The molecule has 0 aliphatic rings. The van der Waals surface area contributed by atoms with Crippen molar-refractivity contribution in [3.63, 3.8) is 0 Å². The summed E-state index contributed by atoms with van der Waals surface area (Å²) in [6.45, 7) is 0.0549. The molecule has 0 N–H and O–H groups in total. The van der Waals surface area contributed by atoms with Gasteiger partial charge in [0, 0.05) is 0 Å². The summed E-state index contributed by atoms with van der Waals surface area (Å²) in [4.78, 5) is 0. The molecule has 0 atom stereocenters. The minimum Gasteiger partial charge on any atom is -0.233 e. The Morgan fingerprint density at radius 2 is 1.67 bits per heavy atom. The molecule has 0 amide bonds. The maximum absolute atomic E-state index is 11.2. The van der Waals surface area contributed by atoms with Gasteiger partial charge in [0.15, 0.2) is 9.69 Å². The molecule has 0 aliphatic carbocycles. The second kappa shape index (κ2) is 2.20. The Balaban J connectivity index is 4.57. The predicted octanol–water partition coefficient (Wildman–Crippen LogP) is 0.321. The molecule has 0 aromatic rings. The fourth-order valence-electron chi connectivity index (χ4n) is 0.164. The van der Waals surface area contributed by atoms with Crippen LogP contribution >= 0.6 is 0 Å². The highest BCUT2D eigenvalue weighted by molar-refractivity contribution is 8.15. The molecule has 0 aromatic carbocycles. The van der Waals surface area contributed by atoms with E-state index in [-0.39, 0.29) is 0 Å². The molecule has 0 unspecified atom stereocenters. The van der Waals surface area contributed by atoms with E-state index in [1.165, 1.54) is 0 Å². The normalized spacial score (nSPS) is 13.3. The maximum atomic E-state index is 11.2. The minimum absolute atomic E-state index is 0.892. The minimum atomic E-state index is -5.08. The van der Waals surface area contributed by atoms with Crippen molar-refractivity contribution >= 4 is 16.2 Å². The van der Waals surface area contributed by atoms with Crippen LogP contribution in [0.2, 0.25) is 6.82 Å². The summed E-state index contributed by atoms with van der Waals surface area (Å²) in [5.41, 5.74) is -5.08. The molecule has 9 heavy (non-hydrogen) atoms. The first-order valence-electron chi connectivity index (χ1n) is 2.10. The van der Waals surface area contributed by atoms with Crippen LogP contribution in [0.25, 0.3) is 0 Å². The zero-order chi connectivity index (χ0) is 7.71. The third-order valence-electron chi connectivity index (χ3n) is 0.733. The van der Waals surface area contributed by atoms with Crippen LogP contribution < -0.4 is 0 Å². The molecule has 0 heterocycles. The van der Waals surface area contributed by atoms with Crippen molar-refractivity contribution in [3.8, 4) is 0 Å². The standard InChI is InChI=1S/C2H4BF3O2S/c1-3-9(7,8)2(4,5)6/h3H,1H3. The lowest BCUT2D eigenvalue weighted by Gasteiger charge is -2.02. The highest BCUT2D eigenvalue weighted by Crippen LogP contribution is 2.22. The van der Waals surface area contributed by atoms with Crippen molar-refractivity contribution in [2.24, 2.45) is 0 Å². The van der Waals surface area contributed by atoms with Crippen molar-refractivity contribution < 1.29 is 21.6 Å². The van der Waals surface area contributed by atoms with Gasteiger partial charge in [-0.15, -0.1) is 0 Å². The van der Waals surface area contributed by atoms with Crippen LogP contribution in [0.5, 0.6) is 0 Å². The zero-order valence-corrected chi connectivity index (χ0v) is 5.38. The van der Waals surface area contributed by atoms with E-state index in [9.17, 15) is 21.6 Å². The van der Waals surface area contributed by atoms with Gasteiger partial charge in [0.2, 0.25) is 0 Å². The Hall–Kier alpha value is -0.195. The van der Waals surface area contributed by atoms with Gasteiger partial charge in [0.05, 0.1) is 0 Å². The molecule has 2 nitrogen and oxygen atoms in total. The van der Waals surface area contributed by atoms with Gasteiger partial charge in [-0.2, -0.15) is 13.2 Å². The molecule has 7 heteroatoms. The van der Waals surface area contributed by atoms with Crippen LogP contribution in [0.1, 0.15) is 0 Å². The number of hydrogen-bond acceptors (Lipinski definition) is 2. The molecule has 0 aromatic heterocycles. The quantitative estimate of drug-likeness (QED) is 0.517. The smallest absolute Gasteiger partial charge is 0.233 e. The van der Waals surface area contributed by atoms with Gasteiger partial charge in [0.25, 0.3) is 6.56 Å². The van der Waals surface area contributed by atoms with Gasteiger partial charge in [0.1, 0.15) is 0 Å². The van der Waals surface area contributed by atoms with Gasteiger partial charge in [-0.25, -0.2) is 8.42 Å². The van der Waals surface area contributed by atoms with Crippen molar-refractivity contribution in [1.82, 2.24) is 0 Å². The Morgan fingerprint density at radius 3 is 1.67 bits per heavy atom. The third kappa shape index (κ3) is 1.89. The van der Waals surface area contributed by atoms with Gasteiger partial charge in [-0.05, 0) is 0 Å². The molecular formula is C2H4BF3O2S. The van der Waals surface area contributed by atoms with Crippen molar-refractivity contribution in [3.05, 3.63) is 0 Å². The highest BCUT2D eigenvalue weighted by atomic mass is 32.2. The Kier molecular flexibility index (Phi) is 2.16.